The van der Waals surface area contributed by atoms with Gasteiger partial charge < -0.3 is 24.2 Å². The molecule has 2 amide bonds. The van der Waals surface area contributed by atoms with Crippen LogP contribution in [-0.2, 0) is 9.59 Å². The van der Waals surface area contributed by atoms with E-state index in [1.165, 1.54) is 12.8 Å². The number of amides is 2. The third-order valence-corrected chi connectivity index (χ3v) is 5.25. The monoisotopic (exact) mass is 375 g/mol. The van der Waals surface area contributed by atoms with Gasteiger partial charge in [-0.15, -0.1) is 0 Å². The second kappa shape index (κ2) is 9.60. The maximum Gasteiger partial charge on any atom is 0.260 e. The number of hydrogen-bond acceptors (Lipinski definition) is 5. The number of carbonyl (C=O) groups is 2. The van der Waals surface area contributed by atoms with Crippen molar-refractivity contribution >= 4 is 11.8 Å². The van der Waals surface area contributed by atoms with Crippen molar-refractivity contribution in [3.63, 3.8) is 0 Å². The van der Waals surface area contributed by atoms with Gasteiger partial charge in [0.1, 0.15) is 0 Å². The summed E-state index contributed by atoms with van der Waals surface area (Å²) in [6.07, 6.45) is 3.06. The van der Waals surface area contributed by atoms with Gasteiger partial charge in [0.2, 0.25) is 5.91 Å². The SMILES string of the molecule is COc1ccccc1OCC(=O)N1CCN(C(=O)CCN2CCCC2)CC1. The molecule has 0 unspecified atom stereocenters. The first kappa shape index (κ1) is 19.5. The lowest BCUT2D eigenvalue weighted by Crippen LogP contribution is -2.52. The van der Waals surface area contributed by atoms with Crippen LogP contribution in [0.25, 0.3) is 0 Å². The van der Waals surface area contributed by atoms with Crippen molar-refractivity contribution in [1.29, 1.82) is 0 Å². The number of methoxy groups -OCH3 is 1. The van der Waals surface area contributed by atoms with Crippen LogP contribution in [0.2, 0.25) is 0 Å². The average Bonchev–Trinajstić information content (AvgIpc) is 3.24. The average molecular weight is 375 g/mol. The van der Waals surface area contributed by atoms with Crippen LogP contribution >= 0.6 is 0 Å². The van der Waals surface area contributed by atoms with Gasteiger partial charge in [0, 0.05) is 39.1 Å². The molecule has 2 aliphatic heterocycles. The lowest BCUT2D eigenvalue weighted by molar-refractivity contribution is -0.140. The summed E-state index contributed by atoms with van der Waals surface area (Å²) in [7, 11) is 1.57. The van der Waals surface area contributed by atoms with Gasteiger partial charge in [-0.2, -0.15) is 0 Å². The smallest absolute Gasteiger partial charge is 0.260 e. The highest BCUT2D eigenvalue weighted by atomic mass is 16.5. The van der Waals surface area contributed by atoms with Gasteiger partial charge in [-0.25, -0.2) is 0 Å². The Balaban J connectivity index is 1.39. The fourth-order valence-electron chi connectivity index (χ4n) is 3.59. The Hall–Kier alpha value is -2.28. The molecular formula is C20H29N3O4. The molecule has 7 nitrogen and oxygen atoms in total. The first-order valence-electron chi connectivity index (χ1n) is 9.71. The van der Waals surface area contributed by atoms with Crippen LogP contribution in [0.4, 0.5) is 0 Å². The summed E-state index contributed by atoms with van der Waals surface area (Å²) < 4.78 is 10.8. The number of piperazine rings is 1. The number of para-hydroxylation sites is 2. The van der Waals surface area contributed by atoms with Crippen molar-refractivity contribution in [1.82, 2.24) is 14.7 Å². The van der Waals surface area contributed by atoms with Gasteiger partial charge in [0.05, 0.1) is 7.11 Å². The number of nitrogens with zero attached hydrogens (tertiary/aromatic N) is 3. The van der Waals surface area contributed by atoms with E-state index in [0.717, 1.165) is 19.6 Å². The van der Waals surface area contributed by atoms with Crippen molar-refractivity contribution in [3.05, 3.63) is 24.3 Å². The van der Waals surface area contributed by atoms with Crippen LogP contribution in [-0.4, -0.2) is 86.0 Å². The molecule has 7 heteroatoms. The molecule has 0 aromatic heterocycles. The summed E-state index contributed by atoms with van der Waals surface area (Å²) in [5.41, 5.74) is 0. The van der Waals surface area contributed by atoms with E-state index in [2.05, 4.69) is 4.90 Å². The predicted molar refractivity (Wildman–Crippen MR) is 102 cm³/mol. The third-order valence-electron chi connectivity index (χ3n) is 5.25. The molecule has 1 aromatic rings. The molecule has 2 aliphatic rings. The first-order chi connectivity index (χ1) is 13.2. The van der Waals surface area contributed by atoms with Crippen molar-refractivity contribution in [2.45, 2.75) is 19.3 Å². The first-order valence-corrected chi connectivity index (χ1v) is 9.71. The van der Waals surface area contributed by atoms with Crippen LogP contribution in [0.1, 0.15) is 19.3 Å². The molecule has 1 aromatic carbocycles. The lowest BCUT2D eigenvalue weighted by atomic mass is 10.2. The Labute approximate surface area is 160 Å². The Kier molecular flexibility index (Phi) is 6.92. The second-order valence-corrected chi connectivity index (χ2v) is 7.00. The van der Waals surface area contributed by atoms with E-state index in [9.17, 15) is 9.59 Å². The zero-order chi connectivity index (χ0) is 19.1. The highest BCUT2D eigenvalue weighted by Gasteiger charge is 2.25. The molecule has 0 spiro atoms. The molecule has 0 bridgehead atoms. The largest absolute Gasteiger partial charge is 0.493 e. The maximum atomic E-state index is 12.4. The summed E-state index contributed by atoms with van der Waals surface area (Å²) >= 11 is 0. The number of rotatable bonds is 7. The molecule has 2 saturated heterocycles. The zero-order valence-electron chi connectivity index (χ0n) is 16.1. The van der Waals surface area contributed by atoms with E-state index in [4.69, 9.17) is 9.47 Å². The highest BCUT2D eigenvalue weighted by molar-refractivity contribution is 5.79. The predicted octanol–water partition coefficient (Wildman–Crippen LogP) is 1.23. The summed E-state index contributed by atoms with van der Waals surface area (Å²) in [4.78, 5) is 30.8. The number of carbonyl (C=O) groups excluding carboxylic acids is 2. The Morgan fingerprint density at radius 2 is 1.48 bits per heavy atom. The van der Waals surface area contributed by atoms with Gasteiger partial charge in [-0.1, -0.05) is 12.1 Å². The number of hydrogen-bond donors (Lipinski definition) is 0. The molecule has 3 rings (SSSR count). The van der Waals surface area contributed by atoms with Crippen molar-refractivity contribution in [2.75, 3.05) is 59.5 Å². The van der Waals surface area contributed by atoms with E-state index in [0.29, 0.717) is 44.1 Å². The molecule has 0 radical (unpaired) electrons. The normalized spacial score (nSPS) is 17.8. The number of benzene rings is 1. The van der Waals surface area contributed by atoms with E-state index in [1.54, 1.807) is 24.1 Å². The van der Waals surface area contributed by atoms with Crippen LogP contribution in [0.3, 0.4) is 0 Å². The van der Waals surface area contributed by atoms with E-state index >= 15 is 0 Å². The van der Waals surface area contributed by atoms with Gasteiger partial charge in [-0.3, -0.25) is 9.59 Å². The van der Waals surface area contributed by atoms with Gasteiger partial charge in [0.25, 0.3) is 5.91 Å². The van der Waals surface area contributed by atoms with E-state index < -0.39 is 0 Å². The van der Waals surface area contributed by atoms with Gasteiger partial charge >= 0.3 is 0 Å². The van der Waals surface area contributed by atoms with Gasteiger partial charge in [0.15, 0.2) is 18.1 Å². The van der Waals surface area contributed by atoms with Crippen LogP contribution in [0.5, 0.6) is 11.5 Å². The van der Waals surface area contributed by atoms with Gasteiger partial charge in [-0.05, 0) is 38.1 Å². The minimum atomic E-state index is -0.0647. The summed E-state index contributed by atoms with van der Waals surface area (Å²) in [6, 6.07) is 7.28. The van der Waals surface area contributed by atoms with E-state index in [1.807, 2.05) is 17.0 Å². The zero-order valence-corrected chi connectivity index (χ0v) is 16.1. The topological polar surface area (TPSA) is 62.3 Å². The molecule has 2 heterocycles. The number of likely N-dealkylation sites (tertiary alicyclic amines) is 1. The molecule has 0 N–H and O–H groups in total. The lowest BCUT2D eigenvalue weighted by Gasteiger charge is -2.35. The molecule has 148 valence electrons. The standard InChI is InChI=1S/C20H29N3O4/c1-26-17-6-2-3-7-18(17)27-16-20(25)23-14-12-22(13-15-23)19(24)8-11-21-9-4-5-10-21/h2-3,6-7H,4-5,8-16H2,1H3. The highest BCUT2D eigenvalue weighted by Crippen LogP contribution is 2.25. The molecule has 0 aliphatic carbocycles. The molecule has 27 heavy (non-hydrogen) atoms. The maximum absolute atomic E-state index is 12.4. The van der Waals surface area contributed by atoms with Crippen LogP contribution < -0.4 is 9.47 Å². The minimum absolute atomic E-state index is 0.0245. The fourth-order valence-corrected chi connectivity index (χ4v) is 3.59. The molecular weight excluding hydrogens is 346 g/mol. The Morgan fingerprint density at radius 1 is 0.889 bits per heavy atom. The second-order valence-electron chi connectivity index (χ2n) is 7.00. The molecule has 2 fully saturated rings. The van der Waals surface area contributed by atoms with Crippen molar-refractivity contribution < 1.29 is 19.1 Å². The molecule has 0 atom stereocenters. The van der Waals surface area contributed by atoms with Crippen LogP contribution in [0.15, 0.2) is 24.3 Å². The fraction of sp³-hybridized carbons (Fsp3) is 0.600. The Bertz CT molecular complexity index is 638. The minimum Gasteiger partial charge on any atom is -0.493 e. The summed E-state index contributed by atoms with van der Waals surface area (Å²) in [6.45, 7) is 5.36. The quantitative estimate of drug-likeness (QED) is 0.717. The summed E-state index contributed by atoms with van der Waals surface area (Å²) in [5.74, 6) is 1.30. The van der Waals surface area contributed by atoms with Crippen molar-refractivity contribution in [2.24, 2.45) is 0 Å². The summed E-state index contributed by atoms with van der Waals surface area (Å²) in [5, 5.41) is 0. The van der Waals surface area contributed by atoms with E-state index in [-0.39, 0.29) is 18.4 Å². The van der Waals surface area contributed by atoms with Crippen LogP contribution in [0, 0.1) is 0 Å². The van der Waals surface area contributed by atoms with Crippen molar-refractivity contribution in [3.8, 4) is 11.5 Å². The molecule has 0 saturated carbocycles. The number of ether oxygens (including phenoxy) is 2. The third kappa shape index (κ3) is 5.35. The Morgan fingerprint density at radius 3 is 2.11 bits per heavy atom.